The Bertz CT molecular complexity index is 456. The van der Waals surface area contributed by atoms with Gasteiger partial charge in [0.05, 0.1) is 6.26 Å². The molecular formula is C14H22N4O2. The molecule has 0 bridgehead atoms. The Morgan fingerprint density at radius 1 is 1.60 bits per heavy atom. The first-order chi connectivity index (χ1) is 9.69. The third kappa shape index (κ3) is 4.01. The predicted molar refractivity (Wildman–Crippen MR) is 77.6 cm³/mol. The molecule has 1 unspecified atom stereocenters. The first-order valence-electron chi connectivity index (χ1n) is 6.92. The number of hydrogen-bond donors (Lipinski definition) is 2. The van der Waals surface area contributed by atoms with Crippen LogP contribution in [0.15, 0.2) is 27.8 Å². The van der Waals surface area contributed by atoms with Crippen LogP contribution in [0.25, 0.3) is 0 Å². The molecule has 1 aromatic heterocycles. The van der Waals surface area contributed by atoms with E-state index < -0.39 is 0 Å². The van der Waals surface area contributed by atoms with E-state index in [2.05, 4.69) is 15.6 Å². The number of amides is 1. The Morgan fingerprint density at radius 3 is 3.10 bits per heavy atom. The quantitative estimate of drug-likeness (QED) is 0.625. The highest BCUT2D eigenvalue weighted by atomic mass is 16.3. The van der Waals surface area contributed by atoms with Crippen molar-refractivity contribution in [1.82, 2.24) is 15.5 Å². The second-order valence-corrected chi connectivity index (χ2v) is 4.98. The smallest absolute Gasteiger partial charge is 0.222 e. The first-order valence-corrected chi connectivity index (χ1v) is 6.92. The second-order valence-electron chi connectivity index (χ2n) is 4.98. The largest absolute Gasteiger partial charge is 0.469 e. The van der Waals surface area contributed by atoms with Gasteiger partial charge in [-0.05, 0) is 18.6 Å². The molecule has 2 rings (SSSR count). The fourth-order valence-electron chi connectivity index (χ4n) is 2.28. The number of likely N-dealkylation sites (tertiary alicyclic amines) is 1. The van der Waals surface area contributed by atoms with E-state index in [4.69, 9.17) is 4.42 Å². The van der Waals surface area contributed by atoms with Crippen molar-refractivity contribution in [3.63, 3.8) is 0 Å². The Kier molecular flexibility index (Phi) is 5.03. The summed E-state index contributed by atoms with van der Waals surface area (Å²) in [7, 11) is 3.59. The van der Waals surface area contributed by atoms with Gasteiger partial charge in [-0.2, -0.15) is 0 Å². The van der Waals surface area contributed by atoms with Gasteiger partial charge in [0.15, 0.2) is 5.96 Å². The number of furan rings is 1. The van der Waals surface area contributed by atoms with Gasteiger partial charge in [0.2, 0.25) is 5.91 Å². The zero-order valence-electron chi connectivity index (χ0n) is 12.1. The van der Waals surface area contributed by atoms with Gasteiger partial charge >= 0.3 is 0 Å². The van der Waals surface area contributed by atoms with Crippen molar-refractivity contribution in [3.05, 3.63) is 24.2 Å². The molecule has 0 saturated carbocycles. The number of likely N-dealkylation sites (N-methyl/N-ethyl adjacent to an activating group) is 1. The molecule has 1 aromatic rings. The number of hydrogen-bond acceptors (Lipinski definition) is 3. The first kappa shape index (κ1) is 14.4. The van der Waals surface area contributed by atoms with E-state index in [1.807, 2.05) is 19.2 Å². The van der Waals surface area contributed by atoms with Crippen molar-refractivity contribution in [1.29, 1.82) is 0 Å². The average molecular weight is 278 g/mol. The molecule has 0 aromatic carbocycles. The van der Waals surface area contributed by atoms with E-state index in [0.717, 1.165) is 37.7 Å². The lowest BCUT2D eigenvalue weighted by molar-refractivity contribution is -0.132. The zero-order chi connectivity index (χ0) is 14.4. The van der Waals surface area contributed by atoms with Gasteiger partial charge in [0.1, 0.15) is 5.76 Å². The number of aliphatic imine (C=N–C) groups is 1. The van der Waals surface area contributed by atoms with Crippen molar-refractivity contribution in [2.75, 3.05) is 27.2 Å². The highest BCUT2D eigenvalue weighted by Gasteiger charge is 2.23. The molecule has 6 heteroatoms. The second kappa shape index (κ2) is 6.98. The number of nitrogens with one attached hydrogen (secondary N) is 2. The molecule has 1 saturated heterocycles. The van der Waals surface area contributed by atoms with Gasteiger partial charge in [-0.1, -0.05) is 0 Å². The monoisotopic (exact) mass is 278 g/mol. The summed E-state index contributed by atoms with van der Waals surface area (Å²) in [5, 5.41) is 6.61. The Labute approximate surface area is 119 Å². The van der Waals surface area contributed by atoms with Crippen LogP contribution in [0.1, 0.15) is 18.6 Å². The minimum atomic E-state index is 0.212. The van der Waals surface area contributed by atoms with Crippen molar-refractivity contribution < 1.29 is 9.21 Å². The molecule has 1 atom stereocenters. The number of rotatable bonds is 4. The molecule has 2 heterocycles. The summed E-state index contributed by atoms with van der Waals surface area (Å²) in [5.41, 5.74) is 0. The summed E-state index contributed by atoms with van der Waals surface area (Å²) >= 11 is 0. The topological polar surface area (TPSA) is 69.9 Å². The summed E-state index contributed by atoms with van der Waals surface area (Å²) in [6, 6.07) is 4.10. The number of nitrogens with zero attached hydrogens (tertiary/aromatic N) is 2. The van der Waals surface area contributed by atoms with Crippen LogP contribution in [0.2, 0.25) is 0 Å². The van der Waals surface area contributed by atoms with Crippen molar-refractivity contribution in [2.45, 2.75) is 25.3 Å². The highest BCUT2D eigenvalue weighted by Crippen LogP contribution is 2.09. The van der Waals surface area contributed by atoms with E-state index >= 15 is 0 Å². The Balaban J connectivity index is 1.73. The van der Waals surface area contributed by atoms with Crippen LogP contribution in [0.4, 0.5) is 0 Å². The molecule has 1 aliphatic heterocycles. The maximum Gasteiger partial charge on any atom is 0.222 e. The Hall–Kier alpha value is -1.98. The molecule has 0 spiro atoms. The molecule has 6 nitrogen and oxygen atoms in total. The van der Waals surface area contributed by atoms with Gasteiger partial charge < -0.3 is 20.0 Å². The van der Waals surface area contributed by atoms with Crippen LogP contribution in [0.3, 0.4) is 0 Å². The molecule has 110 valence electrons. The summed E-state index contributed by atoms with van der Waals surface area (Å²) in [6.07, 6.45) is 3.94. The molecular weight excluding hydrogens is 256 g/mol. The highest BCUT2D eigenvalue weighted by molar-refractivity contribution is 5.81. The lowest BCUT2D eigenvalue weighted by Gasteiger charge is -2.31. The zero-order valence-corrected chi connectivity index (χ0v) is 12.1. The Morgan fingerprint density at radius 2 is 2.45 bits per heavy atom. The standard InChI is InChI=1S/C14H22N4O2/c1-15-14(16-8-7-12-4-3-9-20-12)17-11-5-6-13(19)18(2)10-11/h3-4,9,11H,5-8,10H2,1-2H3,(H2,15,16,17). The van der Waals surface area contributed by atoms with E-state index in [9.17, 15) is 4.79 Å². The molecule has 0 aliphatic carbocycles. The third-order valence-electron chi connectivity index (χ3n) is 3.44. The van der Waals surface area contributed by atoms with Gasteiger partial charge in [-0.3, -0.25) is 9.79 Å². The van der Waals surface area contributed by atoms with Gasteiger partial charge in [0, 0.05) is 46.1 Å². The van der Waals surface area contributed by atoms with Crippen molar-refractivity contribution in [3.8, 4) is 0 Å². The van der Waals surface area contributed by atoms with E-state index in [-0.39, 0.29) is 11.9 Å². The maximum atomic E-state index is 11.4. The molecule has 1 fully saturated rings. The van der Waals surface area contributed by atoms with Crippen molar-refractivity contribution in [2.24, 2.45) is 4.99 Å². The number of guanidine groups is 1. The average Bonchev–Trinajstić information content (AvgIpc) is 2.95. The molecule has 1 aliphatic rings. The van der Waals surface area contributed by atoms with E-state index in [1.165, 1.54) is 0 Å². The van der Waals surface area contributed by atoms with Crippen LogP contribution in [-0.2, 0) is 11.2 Å². The molecule has 0 radical (unpaired) electrons. The molecule has 2 N–H and O–H groups in total. The number of carbonyl (C=O) groups excluding carboxylic acids is 1. The van der Waals surface area contributed by atoms with Crippen LogP contribution in [0, 0.1) is 0 Å². The van der Waals surface area contributed by atoms with Crippen molar-refractivity contribution >= 4 is 11.9 Å². The normalized spacial score (nSPS) is 20.1. The van der Waals surface area contributed by atoms with Crippen LogP contribution in [0.5, 0.6) is 0 Å². The van der Waals surface area contributed by atoms with Crippen LogP contribution in [-0.4, -0.2) is 50.0 Å². The SMILES string of the molecule is CN=C(NCCc1ccco1)NC1CCC(=O)N(C)C1. The maximum absolute atomic E-state index is 11.4. The summed E-state index contributed by atoms with van der Waals surface area (Å²) in [4.78, 5) is 17.4. The summed E-state index contributed by atoms with van der Waals surface area (Å²) in [5.74, 6) is 1.93. The van der Waals surface area contributed by atoms with Gasteiger partial charge in [0.25, 0.3) is 0 Å². The minimum Gasteiger partial charge on any atom is -0.469 e. The van der Waals surface area contributed by atoms with Crippen LogP contribution < -0.4 is 10.6 Å². The lowest BCUT2D eigenvalue weighted by atomic mass is 10.1. The van der Waals surface area contributed by atoms with Gasteiger partial charge in [-0.25, -0.2) is 0 Å². The van der Waals surface area contributed by atoms with E-state index in [0.29, 0.717) is 6.42 Å². The van der Waals surface area contributed by atoms with Crippen LogP contribution >= 0.6 is 0 Å². The molecule has 1 amide bonds. The number of piperidine rings is 1. The fourth-order valence-corrected chi connectivity index (χ4v) is 2.28. The fraction of sp³-hybridized carbons (Fsp3) is 0.571. The lowest BCUT2D eigenvalue weighted by Crippen LogP contribution is -2.51. The minimum absolute atomic E-state index is 0.212. The van der Waals surface area contributed by atoms with E-state index in [1.54, 1.807) is 18.2 Å². The van der Waals surface area contributed by atoms with Gasteiger partial charge in [-0.15, -0.1) is 0 Å². The summed E-state index contributed by atoms with van der Waals surface area (Å²) in [6.45, 7) is 1.48. The molecule has 20 heavy (non-hydrogen) atoms. The predicted octanol–water partition coefficient (Wildman–Crippen LogP) is 0.608. The summed E-state index contributed by atoms with van der Waals surface area (Å²) < 4.78 is 5.28. The third-order valence-corrected chi connectivity index (χ3v) is 3.44. The number of carbonyl (C=O) groups is 1.